The Hall–Kier alpha value is -2.01. The molecule has 1 atom stereocenters. The van der Waals surface area contributed by atoms with Crippen molar-refractivity contribution in [1.29, 1.82) is 0 Å². The van der Waals surface area contributed by atoms with Gasteiger partial charge in [0.1, 0.15) is 11.5 Å². The number of methoxy groups -OCH3 is 3. The Morgan fingerprint density at radius 1 is 1.30 bits per heavy atom. The fraction of sp³-hybridized carbons (Fsp3) is 0.400. The van der Waals surface area contributed by atoms with Crippen LogP contribution >= 0.6 is 0 Å². The molecule has 0 heterocycles. The van der Waals surface area contributed by atoms with Crippen LogP contribution in [0.3, 0.4) is 0 Å². The van der Waals surface area contributed by atoms with Gasteiger partial charge in [-0.25, -0.2) is 0 Å². The number of carbonyl (C=O) groups is 1. The molecule has 0 aliphatic rings. The van der Waals surface area contributed by atoms with Gasteiger partial charge >= 0.3 is 5.97 Å². The van der Waals surface area contributed by atoms with E-state index in [1.807, 2.05) is 0 Å². The van der Waals surface area contributed by atoms with Gasteiger partial charge in [-0.2, -0.15) is 0 Å². The summed E-state index contributed by atoms with van der Waals surface area (Å²) in [7, 11) is 4.43. The van der Waals surface area contributed by atoms with Gasteiger partial charge in [-0.15, -0.1) is 0 Å². The summed E-state index contributed by atoms with van der Waals surface area (Å²) in [6, 6.07) is 5.28. The SMILES string of the molecule is COC(=O)C/C=C(\c1cc(OC)ccc1OC)C(C)O. The lowest BCUT2D eigenvalue weighted by Crippen LogP contribution is -2.07. The molecule has 1 rings (SSSR count). The van der Waals surface area contributed by atoms with Crippen LogP contribution in [0.1, 0.15) is 18.9 Å². The number of aliphatic hydroxyl groups is 1. The fourth-order valence-electron chi connectivity index (χ4n) is 1.82. The lowest BCUT2D eigenvalue weighted by atomic mass is 9.98. The fourth-order valence-corrected chi connectivity index (χ4v) is 1.82. The molecule has 1 unspecified atom stereocenters. The van der Waals surface area contributed by atoms with Gasteiger partial charge in [-0.1, -0.05) is 6.08 Å². The monoisotopic (exact) mass is 280 g/mol. The molecule has 0 spiro atoms. The molecule has 5 nitrogen and oxygen atoms in total. The van der Waals surface area contributed by atoms with E-state index in [9.17, 15) is 9.90 Å². The van der Waals surface area contributed by atoms with Gasteiger partial charge in [0.15, 0.2) is 0 Å². The molecule has 1 aromatic rings. The van der Waals surface area contributed by atoms with Crippen LogP contribution in [0.2, 0.25) is 0 Å². The molecule has 0 aliphatic carbocycles. The Morgan fingerprint density at radius 3 is 2.50 bits per heavy atom. The minimum Gasteiger partial charge on any atom is -0.497 e. The zero-order valence-corrected chi connectivity index (χ0v) is 12.2. The molecular formula is C15H20O5. The first kappa shape index (κ1) is 16.0. The minimum atomic E-state index is -0.749. The summed E-state index contributed by atoms with van der Waals surface area (Å²) in [5, 5.41) is 9.92. The second kappa shape index (κ2) is 7.55. The zero-order valence-electron chi connectivity index (χ0n) is 12.2. The van der Waals surface area contributed by atoms with Crippen molar-refractivity contribution < 1.29 is 24.1 Å². The Labute approximate surface area is 118 Å². The van der Waals surface area contributed by atoms with Crippen LogP contribution in [0, 0.1) is 0 Å². The minimum absolute atomic E-state index is 0.0805. The number of hydrogen-bond donors (Lipinski definition) is 1. The lowest BCUT2D eigenvalue weighted by molar-refractivity contribution is -0.139. The van der Waals surface area contributed by atoms with Crippen molar-refractivity contribution >= 4 is 11.5 Å². The second-order valence-electron chi connectivity index (χ2n) is 4.18. The summed E-state index contributed by atoms with van der Waals surface area (Å²) in [5.74, 6) is 0.873. The van der Waals surface area contributed by atoms with Crippen molar-refractivity contribution in [3.8, 4) is 11.5 Å². The summed E-state index contributed by atoms with van der Waals surface area (Å²) < 4.78 is 15.1. The lowest BCUT2D eigenvalue weighted by Gasteiger charge is -2.16. The molecule has 20 heavy (non-hydrogen) atoms. The van der Waals surface area contributed by atoms with Gasteiger partial charge in [-0.05, 0) is 30.7 Å². The highest BCUT2D eigenvalue weighted by Crippen LogP contribution is 2.32. The highest BCUT2D eigenvalue weighted by atomic mass is 16.5. The second-order valence-corrected chi connectivity index (χ2v) is 4.18. The first-order valence-electron chi connectivity index (χ1n) is 6.20. The van der Waals surface area contributed by atoms with Gasteiger partial charge in [-0.3, -0.25) is 4.79 Å². The topological polar surface area (TPSA) is 65.0 Å². The Kier molecular flexibility index (Phi) is 6.06. The molecule has 110 valence electrons. The number of ether oxygens (including phenoxy) is 3. The van der Waals surface area contributed by atoms with E-state index < -0.39 is 6.10 Å². The average Bonchev–Trinajstić information content (AvgIpc) is 2.46. The van der Waals surface area contributed by atoms with E-state index in [-0.39, 0.29) is 12.4 Å². The molecule has 0 saturated carbocycles. The maximum Gasteiger partial charge on any atom is 0.309 e. The molecule has 1 N–H and O–H groups in total. The Morgan fingerprint density at radius 2 is 2.00 bits per heavy atom. The van der Waals surface area contributed by atoms with Crippen LogP contribution in [-0.2, 0) is 9.53 Å². The molecule has 0 saturated heterocycles. The highest BCUT2D eigenvalue weighted by Gasteiger charge is 2.15. The van der Waals surface area contributed by atoms with E-state index in [2.05, 4.69) is 4.74 Å². The number of carbonyl (C=O) groups excluding carboxylic acids is 1. The summed E-state index contributed by atoms with van der Waals surface area (Å²) in [6.45, 7) is 1.63. The molecule has 1 aromatic carbocycles. The van der Waals surface area contributed by atoms with E-state index in [0.29, 0.717) is 22.6 Å². The van der Waals surface area contributed by atoms with Gasteiger partial charge < -0.3 is 19.3 Å². The van der Waals surface area contributed by atoms with E-state index in [1.165, 1.54) is 7.11 Å². The average molecular weight is 280 g/mol. The van der Waals surface area contributed by atoms with Gasteiger partial charge in [0.2, 0.25) is 0 Å². The van der Waals surface area contributed by atoms with Gasteiger partial charge in [0.25, 0.3) is 0 Å². The molecule has 5 heteroatoms. The first-order valence-corrected chi connectivity index (χ1v) is 6.20. The number of hydrogen-bond acceptors (Lipinski definition) is 5. The quantitative estimate of drug-likeness (QED) is 0.808. The van der Waals surface area contributed by atoms with E-state index in [4.69, 9.17) is 9.47 Å². The normalized spacial score (nSPS) is 12.8. The standard InChI is InChI=1S/C15H20O5/c1-10(16)12(6-8-15(17)20-4)13-9-11(18-2)5-7-14(13)19-3/h5-7,9-10,16H,8H2,1-4H3/b12-6-. The summed E-state index contributed by atoms with van der Waals surface area (Å²) in [5.41, 5.74) is 1.27. The van der Waals surface area contributed by atoms with Crippen LogP contribution in [0.4, 0.5) is 0 Å². The van der Waals surface area contributed by atoms with Crippen LogP contribution < -0.4 is 9.47 Å². The zero-order chi connectivity index (χ0) is 15.1. The maximum atomic E-state index is 11.2. The molecule has 0 aliphatic heterocycles. The number of rotatable bonds is 6. The number of aliphatic hydroxyl groups excluding tert-OH is 1. The van der Waals surface area contributed by atoms with Crippen molar-refractivity contribution in [3.63, 3.8) is 0 Å². The van der Waals surface area contributed by atoms with Gasteiger partial charge in [0, 0.05) is 5.56 Å². The van der Waals surface area contributed by atoms with Crippen molar-refractivity contribution in [2.24, 2.45) is 0 Å². The van der Waals surface area contributed by atoms with Crippen molar-refractivity contribution in [2.75, 3.05) is 21.3 Å². The third kappa shape index (κ3) is 3.99. The molecular weight excluding hydrogens is 260 g/mol. The van der Waals surface area contributed by atoms with E-state index >= 15 is 0 Å². The van der Waals surface area contributed by atoms with Crippen LogP contribution in [0.5, 0.6) is 11.5 Å². The van der Waals surface area contributed by atoms with Crippen LogP contribution in [0.25, 0.3) is 5.57 Å². The predicted molar refractivity (Wildman–Crippen MR) is 75.8 cm³/mol. The van der Waals surface area contributed by atoms with E-state index in [0.717, 1.165) is 0 Å². The molecule has 0 aromatic heterocycles. The van der Waals surface area contributed by atoms with E-state index in [1.54, 1.807) is 45.4 Å². The summed E-state index contributed by atoms with van der Waals surface area (Å²) >= 11 is 0. The Balaban J connectivity index is 3.22. The molecule has 0 bridgehead atoms. The summed E-state index contributed by atoms with van der Waals surface area (Å²) in [6.07, 6.45) is 0.964. The van der Waals surface area contributed by atoms with Gasteiger partial charge in [0.05, 0.1) is 33.9 Å². The van der Waals surface area contributed by atoms with Crippen LogP contribution in [0.15, 0.2) is 24.3 Å². The molecule has 0 fully saturated rings. The van der Waals surface area contributed by atoms with Crippen molar-refractivity contribution in [2.45, 2.75) is 19.4 Å². The van der Waals surface area contributed by atoms with Crippen molar-refractivity contribution in [1.82, 2.24) is 0 Å². The Bertz CT molecular complexity index is 491. The van der Waals surface area contributed by atoms with Crippen molar-refractivity contribution in [3.05, 3.63) is 29.8 Å². The predicted octanol–water partition coefficient (Wildman–Crippen LogP) is 2.03. The largest absolute Gasteiger partial charge is 0.497 e. The summed E-state index contributed by atoms with van der Waals surface area (Å²) in [4.78, 5) is 11.2. The number of benzene rings is 1. The molecule has 0 radical (unpaired) electrons. The third-order valence-electron chi connectivity index (χ3n) is 2.88. The maximum absolute atomic E-state index is 11.2. The first-order chi connectivity index (χ1) is 9.53. The molecule has 0 amide bonds. The van der Waals surface area contributed by atoms with Crippen LogP contribution in [-0.4, -0.2) is 38.5 Å². The number of esters is 1. The highest BCUT2D eigenvalue weighted by molar-refractivity contribution is 5.79. The smallest absolute Gasteiger partial charge is 0.309 e. The third-order valence-corrected chi connectivity index (χ3v) is 2.88.